The lowest BCUT2D eigenvalue weighted by Gasteiger charge is -2.30. The Labute approximate surface area is 148 Å². The van der Waals surface area contributed by atoms with Crippen LogP contribution in [-0.2, 0) is 0 Å². The molecule has 1 aliphatic heterocycles. The summed E-state index contributed by atoms with van der Waals surface area (Å²) in [6, 6.07) is 27.2. The third kappa shape index (κ3) is 2.69. The Balaban J connectivity index is 1.97. The first kappa shape index (κ1) is 15.5. The Kier molecular flexibility index (Phi) is 4.00. The Morgan fingerprint density at radius 2 is 1.52 bits per heavy atom. The number of para-hydroxylation sites is 3. The van der Waals surface area contributed by atoms with Gasteiger partial charge in [-0.25, -0.2) is 0 Å². The van der Waals surface area contributed by atoms with E-state index >= 15 is 0 Å². The van der Waals surface area contributed by atoms with Crippen LogP contribution in [0.5, 0.6) is 0 Å². The molecule has 1 heterocycles. The number of fused-ring (bicyclic) bond motifs is 2. The van der Waals surface area contributed by atoms with E-state index in [9.17, 15) is 0 Å². The van der Waals surface area contributed by atoms with Gasteiger partial charge < -0.3 is 16.0 Å². The first-order chi connectivity index (χ1) is 12.3. The van der Waals surface area contributed by atoms with Crippen molar-refractivity contribution in [3.63, 3.8) is 0 Å². The van der Waals surface area contributed by atoms with E-state index in [2.05, 4.69) is 77.5 Å². The van der Waals surface area contributed by atoms with Gasteiger partial charge in [0.25, 0.3) is 0 Å². The third-order valence-corrected chi connectivity index (χ3v) is 4.64. The van der Waals surface area contributed by atoms with Crippen LogP contribution in [0.15, 0.2) is 91.5 Å². The van der Waals surface area contributed by atoms with Gasteiger partial charge in [-0.15, -0.1) is 0 Å². The van der Waals surface area contributed by atoms with Gasteiger partial charge in [-0.1, -0.05) is 73.3 Å². The van der Waals surface area contributed by atoms with Crippen molar-refractivity contribution in [2.75, 3.05) is 10.2 Å². The van der Waals surface area contributed by atoms with Gasteiger partial charge >= 0.3 is 0 Å². The number of nitrogens with one attached hydrogen (secondary N) is 1. The van der Waals surface area contributed by atoms with Gasteiger partial charge in [-0.05, 0) is 23.8 Å². The highest BCUT2D eigenvalue weighted by Gasteiger charge is 2.28. The summed E-state index contributed by atoms with van der Waals surface area (Å²) in [6.45, 7) is 3.90. The van der Waals surface area contributed by atoms with Crippen LogP contribution in [0.1, 0.15) is 17.2 Å². The van der Waals surface area contributed by atoms with Crippen molar-refractivity contribution in [2.24, 2.45) is 5.73 Å². The fraction of sp³-hybridized carbons (Fsp3) is 0.0909. The standard InChI is InChI=1S/C22H21N3/c1-2-21(23)25-19-14-8-6-12-17(19)22(16-10-4-3-5-11-16)24-18-13-7-9-15-20(18)25/h2-15,21-22,24H,1,23H2. The van der Waals surface area contributed by atoms with E-state index < -0.39 is 0 Å². The maximum Gasteiger partial charge on any atom is 0.101 e. The third-order valence-electron chi connectivity index (χ3n) is 4.64. The van der Waals surface area contributed by atoms with E-state index in [1.807, 2.05) is 18.2 Å². The number of nitrogens with two attached hydrogens (primary N) is 1. The monoisotopic (exact) mass is 327 g/mol. The van der Waals surface area contributed by atoms with Crippen LogP contribution in [0.2, 0.25) is 0 Å². The summed E-state index contributed by atoms with van der Waals surface area (Å²) in [5, 5.41) is 3.71. The molecule has 0 fully saturated rings. The molecule has 0 aliphatic carbocycles. The van der Waals surface area contributed by atoms with Crippen molar-refractivity contribution in [3.8, 4) is 0 Å². The Morgan fingerprint density at radius 3 is 2.28 bits per heavy atom. The van der Waals surface area contributed by atoms with Crippen molar-refractivity contribution >= 4 is 17.1 Å². The fourth-order valence-corrected chi connectivity index (χ4v) is 3.45. The van der Waals surface area contributed by atoms with Gasteiger partial charge in [0, 0.05) is 11.3 Å². The molecule has 124 valence electrons. The van der Waals surface area contributed by atoms with Crippen LogP contribution in [0.25, 0.3) is 0 Å². The zero-order valence-electron chi connectivity index (χ0n) is 14.0. The van der Waals surface area contributed by atoms with Crippen LogP contribution in [0, 0.1) is 0 Å². The van der Waals surface area contributed by atoms with Gasteiger partial charge in [-0.3, -0.25) is 0 Å². The van der Waals surface area contributed by atoms with Crippen LogP contribution >= 0.6 is 0 Å². The number of rotatable bonds is 3. The molecule has 0 spiro atoms. The van der Waals surface area contributed by atoms with Gasteiger partial charge in [0.2, 0.25) is 0 Å². The molecule has 0 amide bonds. The predicted molar refractivity (Wildman–Crippen MR) is 105 cm³/mol. The second-order valence-electron chi connectivity index (χ2n) is 6.16. The average Bonchev–Trinajstić information content (AvgIpc) is 2.82. The molecule has 2 unspecified atom stereocenters. The molecular weight excluding hydrogens is 306 g/mol. The quantitative estimate of drug-likeness (QED) is 0.678. The van der Waals surface area contributed by atoms with Crippen molar-refractivity contribution in [1.82, 2.24) is 0 Å². The van der Waals surface area contributed by atoms with Gasteiger partial charge in [0.1, 0.15) is 6.17 Å². The van der Waals surface area contributed by atoms with Crippen LogP contribution in [0.3, 0.4) is 0 Å². The van der Waals surface area contributed by atoms with Crippen LogP contribution in [0.4, 0.5) is 17.1 Å². The summed E-state index contributed by atoms with van der Waals surface area (Å²) in [5.41, 5.74) is 12.0. The molecule has 3 N–H and O–H groups in total. The van der Waals surface area contributed by atoms with Crippen molar-refractivity contribution in [3.05, 3.63) is 103 Å². The van der Waals surface area contributed by atoms with E-state index in [1.165, 1.54) is 11.1 Å². The first-order valence-corrected chi connectivity index (χ1v) is 8.46. The van der Waals surface area contributed by atoms with E-state index in [1.54, 1.807) is 6.08 Å². The molecule has 0 radical (unpaired) electrons. The van der Waals surface area contributed by atoms with E-state index in [0.29, 0.717) is 0 Å². The summed E-state index contributed by atoms with van der Waals surface area (Å²) < 4.78 is 0. The average molecular weight is 327 g/mol. The first-order valence-electron chi connectivity index (χ1n) is 8.46. The van der Waals surface area contributed by atoms with E-state index in [0.717, 1.165) is 17.1 Å². The second-order valence-corrected chi connectivity index (χ2v) is 6.16. The molecule has 2 atom stereocenters. The molecule has 3 aromatic rings. The van der Waals surface area contributed by atoms with E-state index in [4.69, 9.17) is 5.73 Å². The number of hydrogen-bond donors (Lipinski definition) is 2. The molecule has 0 saturated carbocycles. The number of hydrogen-bond acceptors (Lipinski definition) is 3. The van der Waals surface area contributed by atoms with Crippen LogP contribution in [-0.4, -0.2) is 6.17 Å². The number of anilines is 3. The van der Waals surface area contributed by atoms with Crippen molar-refractivity contribution < 1.29 is 0 Å². The van der Waals surface area contributed by atoms with Crippen molar-refractivity contribution in [2.45, 2.75) is 12.2 Å². The lowest BCUT2D eigenvalue weighted by molar-refractivity contribution is 0.823. The molecule has 0 bridgehead atoms. The normalized spacial score (nSPS) is 16.8. The molecule has 1 aliphatic rings. The number of nitrogens with zero attached hydrogens (tertiary/aromatic N) is 1. The predicted octanol–water partition coefficient (Wildman–Crippen LogP) is 4.81. The molecule has 4 rings (SSSR count). The minimum Gasteiger partial charge on any atom is -0.372 e. The molecule has 0 aromatic heterocycles. The lowest BCUT2D eigenvalue weighted by Crippen LogP contribution is -2.37. The Morgan fingerprint density at radius 1 is 0.880 bits per heavy atom. The smallest absolute Gasteiger partial charge is 0.101 e. The SMILES string of the molecule is C=CC(N)N1c2ccccc2NC(c2ccccc2)c2ccccc21. The van der Waals surface area contributed by atoms with Gasteiger partial charge in [0.15, 0.2) is 0 Å². The topological polar surface area (TPSA) is 41.3 Å². The minimum absolute atomic E-state index is 0.0561. The summed E-state index contributed by atoms with van der Waals surface area (Å²) in [7, 11) is 0. The Bertz CT molecular complexity index is 889. The summed E-state index contributed by atoms with van der Waals surface area (Å²) in [4.78, 5) is 2.15. The zero-order valence-corrected chi connectivity index (χ0v) is 14.0. The summed E-state index contributed by atoms with van der Waals surface area (Å²) in [6.07, 6.45) is 1.47. The highest BCUT2D eigenvalue weighted by Crippen LogP contribution is 2.44. The fourth-order valence-electron chi connectivity index (χ4n) is 3.45. The maximum atomic E-state index is 6.41. The largest absolute Gasteiger partial charge is 0.372 e. The summed E-state index contributed by atoms with van der Waals surface area (Å²) >= 11 is 0. The molecule has 0 saturated heterocycles. The molecular formula is C22H21N3. The van der Waals surface area contributed by atoms with Gasteiger partial charge in [-0.2, -0.15) is 0 Å². The molecule has 25 heavy (non-hydrogen) atoms. The Hall–Kier alpha value is -3.04. The molecule has 3 heteroatoms. The minimum atomic E-state index is -0.307. The molecule has 3 aromatic carbocycles. The molecule has 3 nitrogen and oxygen atoms in total. The highest BCUT2D eigenvalue weighted by atomic mass is 15.2. The highest BCUT2D eigenvalue weighted by molar-refractivity contribution is 5.82. The van der Waals surface area contributed by atoms with E-state index in [-0.39, 0.29) is 12.2 Å². The second kappa shape index (κ2) is 6.46. The van der Waals surface area contributed by atoms with Gasteiger partial charge in [0.05, 0.1) is 17.4 Å². The van der Waals surface area contributed by atoms with Crippen LogP contribution < -0.4 is 16.0 Å². The summed E-state index contributed by atoms with van der Waals surface area (Å²) in [5.74, 6) is 0. The number of benzene rings is 3. The lowest BCUT2D eigenvalue weighted by atomic mass is 9.97. The van der Waals surface area contributed by atoms with Crippen molar-refractivity contribution in [1.29, 1.82) is 0 Å². The maximum absolute atomic E-state index is 6.41. The zero-order chi connectivity index (χ0) is 17.2.